The lowest BCUT2D eigenvalue weighted by molar-refractivity contribution is -0.145. The first-order chi connectivity index (χ1) is 8.81. The molecule has 1 amide bonds. The summed E-state index contributed by atoms with van der Waals surface area (Å²) in [6.07, 6.45) is 0.249. The number of carbonyl (C=O) groups is 2. The Morgan fingerprint density at radius 1 is 1.26 bits per heavy atom. The van der Waals surface area contributed by atoms with Crippen molar-refractivity contribution in [2.24, 2.45) is 0 Å². The van der Waals surface area contributed by atoms with Crippen LogP contribution >= 0.6 is 0 Å². The molecule has 0 saturated carbocycles. The monoisotopic (exact) mass is 263 g/mol. The Morgan fingerprint density at radius 2 is 1.89 bits per heavy atom. The molecular weight excluding hydrogens is 242 g/mol. The molecule has 104 valence electrons. The van der Waals surface area contributed by atoms with Crippen molar-refractivity contribution in [3.63, 3.8) is 0 Å². The molecule has 4 heteroatoms. The zero-order valence-electron chi connectivity index (χ0n) is 11.9. The molecule has 0 aliphatic heterocycles. The molecule has 19 heavy (non-hydrogen) atoms. The van der Waals surface area contributed by atoms with Crippen LogP contribution in [0, 0.1) is 13.8 Å². The third kappa shape index (κ3) is 4.39. The lowest BCUT2D eigenvalue weighted by Gasteiger charge is -2.25. The first kappa shape index (κ1) is 15.2. The van der Waals surface area contributed by atoms with Gasteiger partial charge in [0.2, 0.25) is 5.91 Å². The number of carbonyl (C=O) groups excluding carboxylic acids is 1. The normalized spacial score (nSPS) is 10.6. The molecule has 1 N–H and O–H groups in total. The molecule has 0 spiro atoms. The molecule has 0 heterocycles. The highest BCUT2D eigenvalue weighted by atomic mass is 16.4. The third-order valence-corrected chi connectivity index (χ3v) is 3.10. The number of carboxylic acid groups (broad SMARTS) is 1. The molecule has 0 aliphatic carbocycles. The molecule has 0 unspecified atom stereocenters. The fourth-order valence-electron chi connectivity index (χ4n) is 1.96. The average Bonchev–Trinajstić information content (AvgIpc) is 2.30. The predicted molar refractivity (Wildman–Crippen MR) is 74.1 cm³/mol. The quantitative estimate of drug-likeness (QED) is 0.885. The number of nitrogens with zero attached hydrogens (tertiary/aromatic N) is 1. The molecule has 1 aromatic rings. The van der Waals surface area contributed by atoms with E-state index in [1.165, 1.54) is 4.90 Å². The maximum Gasteiger partial charge on any atom is 0.323 e. The van der Waals surface area contributed by atoms with E-state index in [0.717, 1.165) is 16.7 Å². The lowest BCUT2D eigenvalue weighted by Crippen LogP contribution is -2.41. The van der Waals surface area contributed by atoms with E-state index < -0.39 is 5.97 Å². The fraction of sp³-hybridized carbons (Fsp3) is 0.467. The van der Waals surface area contributed by atoms with Crippen LogP contribution in [0.2, 0.25) is 0 Å². The van der Waals surface area contributed by atoms with Crippen LogP contribution in [0.15, 0.2) is 18.2 Å². The van der Waals surface area contributed by atoms with E-state index in [9.17, 15) is 9.59 Å². The summed E-state index contributed by atoms with van der Waals surface area (Å²) < 4.78 is 0. The van der Waals surface area contributed by atoms with Crippen molar-refractivity contribution >= 4 is 11.9 Å². The number of aryl methyl sites for hydroxylation is 2. The van der Waals surface area contributed by atoms with Crippen LogP contribution in [-0.4, -0.2) is 34.5 Å². The average molecular weight is 263 g/mol. The van der Waals surface area contributed by atoms with Crippen LogP contribution in [-0.2, 0) is 16.0 Å². The van der Waals surface area contributed by atoms with Gasteiger partial charge in [0.15, 0.2) is 0 Å². The van der Waals surface area contributed by atoms with E-state index in [1.807, 2.05) is 45.9 Å². The lowest BCUT2D eigenvalue weighted by atomic mass is 10.0. The molecular formula is C15H21NO3. The topological polar surface area (TPSA) is 57.6 Å². The second kappa shape index (κ2) is 6.36. The van der Waals surface area contributed by atoms with E-state index in [2.05, 4.69) is 0 Å². The summed E-state index contributed by atoms with van der Waals surface area (Å²) >= 11 is 0. The number of amides is 1. The molecule has 0 bridgehead atoms. The predicted octanol–water partition coefficient (Wildman–Crippen LogP) is 2.17. The number of carboxylic acids is 1. The van der Waals surface area contributed by atoms with Crippen molar-refractivity contribution in [2.75, 3.05) is 6.54 Å². The number of hydrogen-bond donors (Lipinski definition) is 1. The first-order valence-corrected chi connectivity index (χ1v) is 6.38. The molecule has 0 atom stereocenters. The highest BCUT2D eigenvalue weighted by Crippen LogP contribution is 2.13. The highest BCUT2D eigenvalue weighted by molar-refractivity contribution is 5.83. The van der Waals surface area contributed by atoms with Crippen molar-refractivity contribution in [1.82, 2.24) is 4.90 Å². The molecule has 0 aromatic heterocycles. The standard InChI is InChI=1S/C15H21NO3/c1-10(2)16(9-15(18)19)14(17)8-13-7-11(3)5-6-12(13)4/h5-7,10H,8-9H2,1-4H3,(H,18,19). The van der Waals surface area contributed by atoms with Crippen molar-refractivity contribution < 1.29 is 14.7 Å². The zero-order chi connectivity index (χ0) is 14.6. The Morgan fingerprint density at radius 3 is 2.42 bits per heavy atom. The van der Waals surface area contributed by atoms with Gasteiger partial charge in [0.25, 0.3) is 0 Å². The van der Waals surface area contributed by atoms with Gasteiger partial charge in [-0.05, 0) is 38.8 Å². The van der Waals surface area contributed by atoms with Gasteiger partial charge in [-0.2, -0.15) is 0 Å². The largest absolute Gasteiger partial charge is 0.480 e. The molecule has 0 radical (unpaired) electrons. The second-order valence-corrected chi connectivity index (χ2v) is 5.12. The van der Waals surface area contributed by atoms with Crippen LogP contribution in [0.3, 0.4) is 0 Å². The zero-order valence-corrected chi connectivity index (χ0v) is 11.9. The highest BCUT2D eigenvalue weighted by Gasteiger charge is 2.20. The smallest absolute Gasteiger partial charge is 0.323 e. The minimum Gasteiger partial charge on any atom is -0.480 e. The van der Waals surface area contributed by atoms with Crippen LogP contribution in [0.25, 0.3) is 0 Å². The summed E-state index contributed by atoms with van der Waals surface area (Å²) in [5.41, 5.74) is 3.11. The van der Waals surface area contributed by atoms with Crippen molar-refractivity contribution in [3.8, 4) is 0 Å². The van der Waals surface area contributed by atoms with E-state index in [1.54, 1.807) is 0 Å². The summed E-state index contributed by atoms with van der Waals surface area (Å²) in [6, 6.07) is 5.84. The Bertz CT molecular complexity index is 480. The van der Waals surface area contributed by atoms with Crippen LogP contribution in [0.5, 0.6) is 0 Å². The maximum absolute atomic E-state index is 12.2. The van der Waals surface area contributed by atoms with E-state index in [4.69, 9.17) is 5.11 Å². The maximum atomic E-state index is 12.2. The molecule has 1 aromatic carbocycles. The summed E-state index contributed by atoms with van der Waals surface area (Å²) in [4.78, 5) is 24.4. The Labute approximate surface area is 114 Å². The van der Waals surface area contributed by atoms with Gasteiger partial charge in [0, 0.05) is 6.04 Å². The number of hydrogen-bond acceptors (Lipinski definition) is 2. The number of benzene rings is 1. The van der Waals surface area contributed by atoms with E-state index in [0.29, 0.717) is 0 Å². The van der Waals surface area contributed by atoms with Crippen molar-refractivity contribution in [2.45, 2.75) is 40.2 Å². The summed E-state index contributed by atoms with van der Waals surface area (Å²) in [5.74, 6) is -1.13. The molecule has 1 rings (SSSR count). The second-order valence-electron chi connectivity index (χ2n) is 5.12. The fourth-order valence-corrected chi connectivity index (χ4v) is 1.96. The van der Waals surface area contributed by atoms with Crippen LogP contribution < -0.4 is 0 Å². The van der Waals surface area contributed by atoms with E-state index >= 15 is 0 Å². The third-order valence-electron chi connectivity index (χ3n) is 3.10. The van der Waals surface area contributed by atoms with Gasteiger partial charge in [-0.25, -0.2) is 0 Å². The van der Waals surface area contributed by atoms with Gasteiger partial charge in [-0.3, -0.25) is 9.59 Å². The molecule has 0 fully saturated rings. The molecule has 0 aliphatic rings. The Hall–Kier alpha value is -1.84. The first-order valence-electron chi connectivity index (χ1n) is 6.38. The summed E-state index contributed by atoms with van der Waals surface area (Å²) in [7, 11) is 0. The van der Waals surface area contributed by atoms with Crippen LogP contribution in [0.1, 0.15) is 30.5 Å². The minimum absolute atomic E-state index is 0.117. The van der Waals surface area contributed by atoms with Gasteiger partial charge in [0.1, 0.15) is 6.54 Å². The summed E-state index contributed by atoms with van der Waals surface area (Å²) in [5, 5.41) is 8.85. The Balaban J connectivity index is 2.87. The van der Waals surface area contributed by atoms with Crippen molar-refractivity contribution in [1.29, 1.82) is 0 Å². The van der Waals surface area contributed by atoms with Crippen molar-refractivity contribution in [3.05, 3.63) is 34.9 Å². The Kier molecular flexibility index (Phi) is 5.10. The van der Waals surface area contributed by atoms with Crippen LogP contribution in [0.4, 0.5) is 0 Å². The van der Waals surface area contributed by atoms with Gasteiger partial charge in [0.05, 0.1) is 6.42 Å². The molecule has 0 saturated heterocycles. The van der Waals surface area contributed by atoms with Gasteiger partial charge in [-0.15, -0.1) is 0 Å². The molecule has 4 nitrogen and oxygen atoms in total. The van der Waals surface area contributed by atoms with Gasteiger partial charge < -0.3 is 10.0 Å². The number of aliphatic carboxylic acids is 1. The van der Waals surface area contributed by atoms with Gasteiger partial charge >= 0.3 is 5.97 Å². The minimum atomic E-state index is -0.983. The SMILES string of the molecule is Cc1ccc(C)c(CC(=O)N(CC(=O)O)C(C)C)c1. The summed E-state index contributed by atoms with van der Waals surface area (Å²) in [6.45, 7) is 7.33. The van der Waals surface area contributed by atoms with Gasteiger partial charge in [-0.1, -0.05) is 23.8 Å². The van der Waals surface area contributed by atoms with E-state index in [-0.39, 0.29) is 24.9 Å². The number of rotatable bonds is 5.